The van der Waals surface area contributed by atoms with Crippen LogP contribution in [0.3, 0.4) is 0 Å². The second kappa shape index (κ2) is 9.01. The Morgan fingerprint density at radius 3 is 1.25 bits per heavy atom. The van der Waals surface area contributed by atoms with Gasteiger partial charge in [-0.2, -0.15) is 0 Å². The van der Waals surface area contributed by atoms with Crippen molar-refractivity contribution in [2.45, 2.75) is 0 Å². The van der Waals surface area contributed by atoms with Gasteiger partial charge in [0.25, 0.3) is 4.93 Å². The van der Waals surface area contributed by atoms with Crippen LogP contribution in [0.25, 0.3) is 0 Å². The molecule has 0 saturated carbocycles. The van der Waals surface area contributed by atoms with Gasteiger partial charge < -0.3 is 6.15 Å². The molecule has 0 aromatic rings. The summed E-state index contributed by atoms with van der Waals surface area (Å²) in [5.74, 6) is 0. The SMILES string of the molecule is Br[B]Br.N. The predicted molar refractivity (Wildman–Crippen MR) is 28.6 cm³/mol. The first-order chi connectivity index (χ1) is 1.41. The van der Waals surface area contributed by atoms with E-state index in [1.165, 1.54) is 0 Å². The minimum Gasteiger partial charge on any atom is -0.344 e. The van der Waals surface area contributed by atoms with Gasteiger partial charge in [-0.3, -0.25) is 0 Å². The molecule has 0 aliphatic heterocycles. The van der Waals surface area contributed by atoms with Gasteiger partial charge in [-0.05, 0) is 0 Å². The number of rotatable bonds is 0. The molecule has 3 N–H and O–H groups in total. The molecule has 0 heterocycles. The molecule has 0 fully saturated rings. The maximum atomic E-state index is 2.94. The number of halogens is 2. The zero-order chi connectivity index (χ0) is 2.71. The van der Waals surface area contributed by atoms with Gasteiger partial charge >= 0.3 is 0 Å². The Morgan fingerprint density at radius 1 is 1.25 bits per heavy atom. The molecule has 0 saturated heterocycles. The lowest BCUT2D eigenvalue weighted by Crippen LogP contribution is -1.31. The van der Waals surface area contributed by atoms with Crippen molar-refractivity contribution in [1.29, 1.82) is 0 Å². The molecular formula is H3BBr2N. The Hall–Kier alpha value is 0.985. The molecule has 0 atom stereocenters. The van der Waals surface area contributed by atoms with Crippen molar-refractivity contribution < 1.29 is 0 Å². The van der Waals surface area contributed by atoms with Gasteiger partial charge in [0.05, 0.1) is 0 Å². The van der Waals surface area contributed by atoms with Crippen LogP contribution in [0.2, 0.25) is 0 Å². The molecule has 0 aliphatic rings. The largest absolute Gasteiger partial charge is 0.344 e. The summed E-state index contributed by atoms with van der Waals surface area (Å²) in [6.45, 7) is 0. The standard InChI is InChI=1S/BBr2.H3N/c2-1-3;/h;1H3. The fraction of sp³-hybridized carbons (Fsp3) is 0. The van der Waals surface area contributed by atoms with Crippen LogP contribution in [-0.4, -0.2) is 4.93 Å². The van der Waals surface area contributed by atoms with Gasteiger partial charge in [-0.25, -0.2) is 0 Å². The highest BCUT2D eigenvalue weighted by Gasteiger charge is 1.51. The highest BCUT2D eigenvalue weighted by Crippen LogP contribution is 1.77. The van der Waals surface area contributed by atoms with Crippen molar-refractivity contribution in [1.82, 2.24) is 6.15 Å². The molecule has 25 valence electrons. The minimum absolute atomic E-state index is 0. The van der Waals surface area contributed by atoms with Crippen LogP contribution in [0.15, 0.2) is 0 Å². The number of hydrogen-bond donors (Lipinski definition) is 1. The van der Waals surface area contributed by atoms with Crippen molar-refractivity contribution in [3.63, 3.8) is 0 Å². The van der Waals surface area contributed by atoms with Crippen LogP contribution in [0.4, 0.5) is 0 Å². The Morgan fingerprint density at radius 2 is 1.25 bits per heavy atom. The molecule has 4 heavy (non-hydrogen) atoms. The Balaban J connectivity index is 0. The molecule has 0 spiro atoms. The van der Waals surface area contributed by atoms with E-state index in [2.05, 4.69) is 31.5 Å². The summed E-state index contributed by atoms with van der Waals surface area (Å²) >= 11 is 5.88. The first kappa shape index (κ1) is 8.88. The van der Waals surface area contributed by atoms with Crippen LogP contribution in [0.5, 0.6) is 0 Å². The summed E-state index contributed by atoms with van der Waals surface area (Å²) in [5.41, 5.74) is 0. The molecule has 0 rings (SSSR count). The lowest BCUT2D eigenvalue weighted by Gasteiger charge is -1.36. The average Bonchev–Trinajstić information content (AvgIpc) is 0.918. The first-order valence-electron chi connectivity index (χ1n) is 0.436. The molecule has 0 aliphatic carbocycles. The van der Waals surface area contributed by atoms with E-state index in [4.69, 9.17) is 0 Å². The zero-order valence-corrected chi connectivity index (χ0v) is 5.21. The molecule has 0 aromatic heterocycles. The zero-order valence-electron chi connectivity index (χ0n) is 2.04. The molecule has 0 amide bonds. The predicted octanol–water partition coefficient (Wildman–Crippen LogP) is 1.47. The molecule has 4 heteroatoms. The van der Waals surface area contributed by atoms with E-state index < -0.39 is 0 Å². The third-order valence-electron chi connectivity index (χ3n) is 0. The molecule has 1 radical (unpaired) electrons. The van der Waals surface area contributed by atoms with Crippen LogP contribution in [0.1, 0.15) is 0 Å². The fourth-order valence-electron chi connectivity index (χ4n) is 0. The van der Waals surface area contributed by atoms with Crippen molar-refractivity contribution in [2.24, 2.45) is 0 Å². The summed E-state index contributed by atoms with van der Waals surface area (Å²) in [7, 11) is 0. The summed E-state index contributed by atoms with van der Waals surface area (Å²) in [5, 5.41) is 0. The lowest BCUT2D eigenvalue weighted by atomic mass is 10.8. The van der Waals surface area contributed by atoms with E-state index in [1.807, 2.05) is 0 Å². The van der Waals surface area contributed by atoms with E-state index in [1.54, 1.807) is 4.93 Å². The van der Waals surface area contributed by atoms with Crippen LogP contribution >= 0.6 is 31.5 Å². The minimum atomic E-state index is 0. The third kappa shape index (κ3) is 12.1. The van der Waals surface area contributed by atoms with E-state index in [0.29, 0.717) is 0 Å². The monoisotopic (exact) mass is 186 g/mol. The van der Waals surface area contributed by atoms with E-state index in [0.717, 1.165) is 0 Å². The maximum absolute atomic E-state index is 2.94. The molecule has 0 unspecified atom stereocenters. The summed E-state index contributed by atoms with van der Waals surface area (Å²) < 4.78 is 0. The van der Waals surface area contributed by atoms with E-state index >= 15 is 0 Å². The second-order valence-corrected chi connectivity index (χ2v) is 2.23. The summed E-state index contributed by atoms with van der Waals surface area (Å²) in [6.07, 6.45) is 0. The van der Waals surface area contributed by atoms with Gasteiger partial charge in [0.1, 0.15) is 0 Å². The first-order valence-corrected chi connectivity index (χ1v) is 2.27. The van der Waals surface area contributed by atoms with Crippen molar-refractivity contribution >= 4 is 36.4 Å². The normalized spacial score (nSPS) is 3.50. The fourth-order valence-corrected chi connectivity index (χ4v) is 0. The molecule has 0 bridgehead atoms. The molecule has 0 aromatic carbocycles. The van der Waals surface area contributed by atoms with Gasteiger partial charge in [0.2, 0.25) is 0 Å². The van der Waals surface area contributed by atoms with E-state index in [9.17, 15) is 0 Å². The topological polar surface area (TPSA) is 35.0 Å². The Kier molecular flexibility index (Phi) is 20.0. The Bertz CT molecular complexity index is 6.00. The second-order valence-electron chi connectivity index (χ2n) is 0.0825. The summed E-state index contributed by atoms with van der Waals surface area (Å²) in [4.78, 5) is 1.62. The van der Waals surface area contributed by atoms with Crippen molar-refractivity contribution in [3.05, 3.63) is 0 Å². The van der Waals surface area contributed by atoms with Gasteiger partial charge in [-0.1, -0.05) is 0 Å². The van der Waals surface area contributed by atoms with Crippen molar-refractivity contribution in [3.8, 4) is 0 Å². The Labute approximate surface area is 42.9 Å². The van der Waals surface area contributed by atoms with Gasteiger partial charge in [-0.15, -0.1) is 31.5 Å². The number of hydrogen-bond acceptors (Lipinski definition) is 1. The summed E-state index contributed by atoms with van der Waals surface area (Å²) in [6, 6.07) is 0. The van der Waals surface area contributed by atoms with Crippen LogP contribution < -0.4 is 6.15 Å². The highest BCUT2D eigenvalue weighted by atomic mass is 79.9. The van der Waals surface area contributed by atoms with Crippen LogP contribution in [-0.2, 0) is 0 Å². The molecule has 1 nitrogen and oxygen atoms in total. The quantitative estimate of drug-likeness (QED) is 0.573. The van der Waals surface area contributed by atoms with Gasteiger partial charge in [0, 0.05) is 0 Å². The van der Waals surface area contributed by atoms with Crippen LogP contribution in [0, 0.1) is 0 Å². The third-order valence-corrected chi connectivity index (χ3v) is 0. The molecular weight excluding hydrogens is 185 g/mol. The van der Waals surface area contributed by atoms with Gasteiger partial charge in [0.15, 0.2) is 0 Å². The van der Waals surface area contributed by atoms with Crippen molar-refractivity contribution in [2.75, 3.05) is 0 Å². The smallest absolute Gasteiger partial charge is 0.294 e. The maximum Gasteiger partial charge on any atom is 0.294 e. The highest BCUT2D eigenvalue weighted by molar-refractivity contribution is 9.47. The lowest BCUT2D eigenvalue weighted by molar-refractivity contribution is 2.13. The van der Waals surface area contributed by atoms with E-state index in [-0.39, 0.29) is 6.15 Å². The average molecular weight is 188 g/mol.